The number of piperidine rings is 1. The molecule has 1 amide bonds. The number of likely N-dealkylation sites (tertiary alicyclic amines) is 1. The first-order valence-corrected chi connectivity index (χ1v) is 7.72. The van der Waals surface area contributed by atoms with Crippen molar-refractivity contribution in [1.29, 1.82) is 0 Å². The minimum atomic E-state index is -0.783. The summed E-state index contributed by atoms with van der Waals surface area (Å²) in [7, 11) is 0. The zero-order valence-electron chi connectivity index (χ0n) is 12.9. The predicted octanol–water partition coefficient (Wildman–Crippen LogP) is 2.87. The van der Waals surface area contributed by atoms with E-state index in [-0.39, 0.29) is 23.6 Å². The number of hydrogen-bond donors (Lipinski definition) is 2. The van der Waals surface area contributed by atoms with Crippen LogP contribution in [0.25, 0.3) is 10.8 Å². The van der Waals surface area contributed by atoms with E-state index in [0.29, 0.717) is 24.9 Å². The molecule has 1 heterocycles. The standard InChI is InChI=1S/C18H19NO4/c1-11-8-15(18(22)23)6-7-19(11)17(21)14-3-2-13-10-16(20)5-4-12(13)9-14/h2-5,9-11,15,20H,6-8H2,1H3,(H,22,23). The lowest BCUT2D eigenvalue weighted by molar-refractivity contribution is -0.143. The van der Waals surface area contributed by atoms with Gasteiger partial charge in [0.25, 0.3) is 5.91 Å². The number of phenolic OH excluding ortho intramolecular Hbond substituents is 1. The molecule has 23 heavy (non-hydrogen) atoms. The van der Waals surface area contributed by atoms with E-state index >= 15 is 0 Å². The molecule has 0 saturated carbocycles. The number of aliphatic carboxylic acids is 1. The molecule has 120 valence electrons. The lowest BCUT2D eigenvalue weighted by Crippen LogP contribution is -2.46. The zero-order valence-corrected chi connectivity index (χ0v) is 12.9. The number of phenols is 1. The molecule has 0 radical (unpaired) electrons. The van der Waals surface area contributed by atoms with E-state index in [1.807, 2.05) is 19.1 Å². The van der Waals surface area contributed by atoms with Gasteiger partial charge in [-0.25, -0.2) is 0 Å². The highest BCUT2D eigenvalue weighted by Gasteiger charge is 2.32. The average Bonchev–Trinajstić information content (AvgIpc) is 2.53. The van der Waals surface area contributed by atoms with Crippen molar-refractivity contribution in [2.75, 3.05) is 6.54 Å². The van der Waals surface area contributed by atoms with Gasteiger partial charge in [-0.1, -0.05) is 12.1 Å². The number of hydrogen-bond acceptors (Lipinski definition) is 3. The molecule has 2 aromatic carbocycles. The Labute approximate surface area is 134 Å². The molecule has 3 rings (SSSR count). The summed E-state index contributed by atoms with van der Waals surface area (Å²) in [5, 5.41) is 20.4. The molecule has 0 spiro atoms. The Morgan fingerprint density at radius 3 is 2.52 bits per heavy atom. The van der Waals surface area contributed by atoms with Gasteiger partial charge in [-0.3, -0.25) is 9.59 Å². The van der Waals surface area contributed by atoms with E-state index in [2.05, 4.69) is 0 Å². The maximum absolute atomic E-state index is 12.7. The highest BCUT2D eigenvalue weighted by atomic mass is 16.4. The molecule has 0 bridgehead atoms. The zero-order chi connectivity index (χ0) is 16.6. The van der Waals surface area contributed by atoms with Crippen molar-refractivity contribution in [1.82, 2.24) is 4.90 Å². The number of rotatable bonds is 2. The molecule has 1 fully saturated rings. The fraction of sp³-hybridized carbons (Fsp3) is 0.333. The van der Waals surface area contributed by atoms with Gasteiger partial charge >= 0.3 is 5.97 Å². The van der Waals surface area contributed by atoms with Gasteiger partial charge in [-0.2, -0.15) is 0 Å². The predicted molar refractivity (Wildman–Crippen MR) is 86.5 cm³/mol. The Hall–Kier alpha value is -2.56. The second-order valence-corrected chi connectivity index (χ2v) is 6.15. The molecule has 2 N–H and O–H groups in total. The molecule has 0 aromatic heterocycles. The van der Waals surface area contributed by atoms with E-state index in [4.69, 9.17) is 5.11 Å². The van der Waals surface area contributed by atoms with Gasteiger partial charge in [0.2, 0.25) is 0 Å². The Morgan fingerprint density at radius 2 is 1.83 bits per heavy atom. The van der Waals surface area contributed by atoms with E-state index in [0.717, 1.165) is 10.8 Å². The first kappa shape index (κ1) is 15.3. The minimum absolute atomic E-state index is 0.0729. The SMILES string of the molecule is CC1CC(C(=O)O)CCN1C(=O)c1ccc2cc(O)ccc2c1. The van der Waals surface area contributed by atoms with Gasteiger partial charge in [0.15, 0.2) is 0 Å². The molecule has 5 heteroatoms. The van der Waals surface area contributed by atoms with Crippen molar-refractivity contribution >= 4 is 22.6 Å². The van der Waals surface area contributed by atoms with E-state index in [1.165, 1.54) is 0 Å². The molecule has 2 atom stereocenters. The summed E-state index contributed by atoms with van der Waals surface area (Å²) in [4.78, 5) is 25.6. The number of amides is 1. The fourth-order valence-electron chi connectivity index (χ4n) is 3.23. The average molecular weight is 313 g/mol. The van der Waals surface area contributed by atoms with Crippen LogP contribution in [0.2, 0.25) is 0 Å². The van der Waals surface area contributed by atoms with Crippen LogP contribution in [0, 0.1) is 5.92 Å². The number of nitrogens with zero attached hydrogens (tertiary/aromatic N) is 1. The molecule has 2 aromatic rings. The molecule has 1 aliphatic heterocycles. The number of aromatic hydroxyl groups is 1. The quantitative estimate of drug-likeness (QED) is 0.893. The lowest BCUT2D eigenvalue weighted by Gasteiger charge is -2.36. The summed E-state index contributed by atoms with van der Waals surface area (Å²) >= 11 is 0. The van der Waals surface area contributed by atoms with Crippen LogP contribution in [0.5, 0.6) is 5.75 Å². The highest BCUT2D eigenvalue weighted by Crippen LogP contribution is 2.26. The smallest absolute Gasteiger partial charge is 0.306 e. The van der Waals surface area contributed by atoms with Crippen LogP contribution in [0.3, 0.4) is 0 Å². The van der Waals surface area contributed by atoms with Crippen LogP contribution >= 0.6 is 0 Å². The van der Waals surface area contributed by atoms with Gasteiger partial charge < -0.3 is 15.1 Å². The number of carbonyl (C=O) groups is 2. The fourth-order valence-corrected chi connectivity index (χ4v) is 3.23. The van der Waals surface area contributed by atoms with Gasteiger partial charge in [0.05, 0.1) is 5.92 Å². The van der Waals surface area contributed by atoms with E-state index < -0.39 is 5.97 Å². The molecule has 5 nitrogen and oxygen atoms in total. The van der Waals surface area contributed by atoms with E-state index in [9.17, 15) is 14.7 Å². The maximum atomic E-state index is 12.7. The third-order valence-electron chi connectivity index (χ3n) is 4.56. The summed E-state index contributed by atoms with van der Waals surface area (Å²) in [5.74, 6) is -1.03. The van der Waals surface area contributed by atoms with Crippen molar-refractivity contribution in [3.63, 3.8) is 0 Å². The normalized spacial score (nSPS) is 21.3. The molecule has 1 saturated heterocycles. The van der Waals surface area contributed by atoms with Crippen molar-refractivity contribution in [2.24, 2.45) is 5.92 Å². The Kier molecular flexibility index (Phi) is 3.94. The van der Waals surface area contributed by atoms with Crippen molar-refractivity contribution in [2.45, 2.75) is 25.8 Å². The Balaban J connectivity index is 1.83. The largest absolute Gasteiger partial charge is 0.508 e. The van der Waals surface area contributed by atoms with Crippen molar-refractivity contribution in [3.05, 3.63) is 42.0 Å². The molecular formula is C18H19NO4. The number of carboxylic acids is 1. The Bertz CT molecular complexity index is 771. The van der Waals surface area contributed by atoms with Crippen LogP contribution in [0.15, 0.2) is 36.4 Å². The van der Waals surface area contributed by atoms with Crippen LogP contribution in [0.4, 0.5) is 0 Å². The topological polar surface area (TPSA) is 77.8 Å². The number of benzene rings is 2. The second kappa shape index (κ2) is 5.91. The van der Waals surface area contributed by atoms with Crippen LogP contribution in [-0.2, 0) is 4.79 Å². The van der Waals surface area contributed by atoms with Crippen molar-refractivity contribution < 1.29 is 19.8 Å². The van der Waals surface area contributed by atoms with Gasteiger partial charge in [0.1, 0.15) is 5.75 Å². The first-order valence-electron chi connectivity index (χ1n) is 7.72. The summed E-state index contributed by atoms with van der Waals surface area (Å²) < 4.78 is 0. The van der Waals surface area contributed by atoms with Crippen LogP contribution < -0.4 is 0 Å². The van der Waals surface area contributed by atoms with Gasteiger partial charge in [-0.05, 0) is 54.8 Å². The summed E-state index contributed by atoms with van der Waals surface area (Å²) in [5.41, 5.74) is 0.587. The molecule has 0 aliphatic carbocycles. The first-order chi connectivity index (χ1) is 11.0. The molecular weight excluding hydrogens is 294 g/mol. The second-order valence-electron chi connectivity index (χ2n) is 6.15. The Morgan fingerprint density at radius 1 is 1.13 bits per heavy atom. The van der Waals surface area contributed by atoms with Crippen LogP contribution in [0.1, 0.15) is 30.1 Å². The number of fused-ring (bicyclic) bond motifs is 1. The monoisotopic (exact) mass is 313 g/mol. The molecule has 2 unspecified atom stereocenters. The van der Waals surface area contributed by atoms with E-state index in [1.54, 1.807) is 29.2 Å². The minimum Gasteiger partial charge on any atom is -0.508 e. The van der Waals surface area contributed by atoms with Crippen molar-refractivity contribution in [3.8, 4) is 5.75 Å². The molecule has 1 aliphatic rings. The van der Waals surface area contributed by atoms with Gasteiger partial charge in [-0.15, -0.1) is 0 Å². The lowest BCUT2D eigenvalue weighted by atomic mass is 9.91. The maximum Gasteiger partial charge on any atom is 0.306 e. The summed E-state index contributed by atoms with van der Waals surface area (Å²) in [6.45, 7) is 2.36. The third kappa shape index (κ3) is 2.99. The number of carboxylic acid groups (broad SMARTS) is 1. The summed E-state index contributed by atoms with van der Waals surface area (Å²) in [6, 6.07) is 10.3. The highest BCUT2D eigenvalue weighted by molar-refractivity contribution is 5.99. The van der Waals surface area contributed by atoms with Crippen LogP contribution in [-0.4, -0.2) is 39.6 Å². The summed E-state index contributed by atoms with van der Waals surface area (Å²) in [6.07, 6.45) is 0.982. The third-order valence-corrected chi connectivity index (χ3v) is 4.56. The van der Waals surface area contributed by atoms with Gasteiger partial charge in [0, 0.05) is 18.2 Å². The number of carbonyl (C=O) groups excluding carboxylic acids is 1.